The number of fused-ring (bicyclic) bond motifs is 1. The van der Waals surface area contributed by atoms with E-state index in [0.717, 1.165) is 22.1 Å². The Bertz CT molecular complexity index is 1540. The average molecular weight is 490 g/mol. The van der Waals surface area contributed by atoms with E-state index in [1.165, 1.54) is 18.2 Å². The minimum absolute atomic E-state index is 0.0820. The van der Waals surface area contributed by atoms with Gasteiger partial charge in [0.15, 0.2) is 5.65 Å². The first-order valence-electron chi connectivity index (χ1n) is 10.9. The molecule has 9 heteroatoms. The van der Waals surface area contributed by atoms with Gasteiger partial charge in [-0.25, -0.2) is 9.37 Å². The lowest BCUT2D eigenvalue weighted by atomic mass is 10.0. The van der Waals surface area contributed by atoms with Crippen LogP contribution in [0.15, 0.2) is 67.0 Å². The largest absolute Gasteiger partial charge is 0.394 e. The zero-order chi connectivity index (χ0) is 24.5. The highest BCUT2D eigenvalue weighted by molar-refractivity contribution is 6.30. The Morgan fingerprint density at radius 3 is 2.77 bits per heavy atom. The van der Waals surface area contributed by atoms with E-state index in [1.54, 1.807) is 18.5 Å². The van der Waals surface area contributed by atoms with Gasteiger partial charge in [0, 0.05) is 28.9 Å². The number of aromatic nitrogens is 4. The zero-order valence-electron chi connectivity index (χ0n) is 18.6. The summed E-state index contributed by atoms with van der Waals surface area (Å²) in [5.41, 5.74) is 5.96. The third-order valence-electron chi connectivity index (χ3n) is 5.91. The number of pyridine rings is 1. The topological polar surface area (TPSA) is 107 Å². The summed E-state index contributed by atoms with van der Waals surface area (Å²) in [6, 6.07) is 15.1. The summed E-state index contributed by atoms with van der Waals surface area (Å²) in [4.78, 5) is 20.3. The van der Waals surface area contributed by atoms with Crippen LogP contribution in [0.25, 0.3) is 33.4 Å². The molecule has 0 bridgehead atoms. The van der Waals surface area contributed by atoms with E-state index in [2.05, 4.69) is 25.5 Å². The van der Waals surface area contributed by atoms with Gasteiger partial charge in [-0.3, -0.25) is 9.89 Å². The first kappa shape index (κ1) is 22.8. The molecule has 0 unspecified atom stereocenters. The fourth-order valence-corrected chi connectivity index (χ4v) is 4.22. The normalized spacial score (nSPS) is 12.1. The Hall–Kier alpha value is -4.01. The quantitative estimate of drug-likeness (QED) is 0.263. The van der Waals surface area contributed by atoms with Crippen LogP contribution in [-0.2, 0) is 0 Å². The average Bonchev–Trinajstić information content (AvgIpc) is 3.51. The van der Waals surface area contributed by atoms with Crippen molar-refractivity contribution in [2.24, 2.45) is 0 Å². The molecule has 3 heterocycles. The van der Waals surface area contributed by atoms with Gasteiger partial charge >= 0.3 is 0 Å². The Balaban J connectivity index is 1.42. The summed E-state index contributed by atoms with van der Waals surface area (Å²) in [5.74, 6) is -1.01. The number of halogens is 2. The number of rotatable bonds is 6. The SMILES string of the molecule is Cc1ccccc1-c1cnc2[nH]nc(-c3c[nH]c(C(=O)N[C@H](CO)c4ccc(F)c(Cl)c4)c3)c2c1. The van der Waals surface area contributed by atoms with Crippen LogP contribution in [0, 0.1) is 12.7 Å². The smallest absolute Gasteiger partial charge is 0.268 e. The molecule has 5 aromatic rings. The van der Waals surface area contributed by atoms with Gasteiger partial charge in [-0.15, -0.1) is 0 Å². The predicted octanol–water partition coefficient (Wildman–Crippen LogP) is 5.18. The highest BCUT2D eigenvalue weighted by Crippen LogP contribution is 2.31. The fourth-order valence-electron chi connectivity index (χ4n) is 4.03. The maximum Gasteiger partial charge on any atom is 0.268 e. The molecule has 3 aromatic heterocycles. The molecule has 5 rings (SSSR count). The lowest BCUT2D eigenvalue weighted by molar-refractivity contribution is 0.0911. The summed E-state index contributed by atoms with van der Waals surface area (Å²) in [6.07, 6.45) is 3.49. The molecule has 4 N–H and O–H groups in total. The standard InChI is InChI=1S/C26H21ClFN5O2/c1-14-4-2-3-5-18(14)16-8-19-24(32-33-25(19)30-11-16)17-10-22(29-12-17)26(35)31-23(13-34)15-6-7-21(28)20(27)9-15/h2-12,23,29,34H,13H2,1H3,(H,31,35)(H,30,32,33)/t23-/m1/s1. The number of aromatic amines is 2. The van der Waals surface area contributed by atoms with Crippen molar-refractivity contribution < 1.29 is 14.3 Å². The third kappa shape index (κ3) is 4.41. The second kappa shape index (κ2) is 9.32. The van der Waals surface area contributed by atoms with E-state index in [9.17, 15) is 14.3 Å². The Morgan fingerprint density at radius 2 is 2.00 bits per heavy atom. The first-order valence-corrected chi connectivity index (χ1v) is 11.3. The van der Waals surface area contributed by atoms with Crippen LogP contribution in [0.3, 0.4) is 0 Å². The lowest BCUT2D eigenvalue weighted by Gasteiger charge is -2.16. The van der Waals surface area contributed by atoms with Crippen molar-refractivity contribution in [3.63, 3.8) is 0 Å². The van der Waals surface area contributed by atoms with E-state index in [1.807, 2.05) is 37.3 Å². The van der Waals surface area contributed by atoms with E-state index < -0.39 is 17.8 Å². The number of carbonyl (C=O) groups excluding carboxylic acids is 1. The van der Waals surface area contributed by atoms with Gasteiger partial charge in [-0.05, 0) is 47.9 Å². The monoisotopic (exact) mass is 489 g/mol. The minimum atomic E-state index is -0.751. The molecule has 0 radical (unpaired) electrons. The maximum absolute atomic E-state index is 13.5. The number of aryl methyl sites for hydroxylation is 1. The van der Waals surface area contributed by atoms with Crippen LogP contribution in [-0.4, -0.2) is 37.8 Å². The highest BCUT2D eigenvalue weighted by Gasteiger charge is 2.19. The summed E-state index contributed by atoms with van der Waals surface area (Å²) < 4.78 is 13.5. The second-order valence-corrected chi connectivity index (χ2v) is 8.60. The van der Waals surface area contributed by atoms with Crippen LogP contribution in [0.2, 0.25) is 5.02 Å². The van der Waals surface area contributed by atoms with E-state index in [0.29, 0.717) is 22.5 Å². The Morgan fingerprint density at radius 1 is 1.17 bits per heavy atom. The molecular formula is C26H21ClFN5O2. The van der Waals surface area contributed by atoms with Crippen molar-refractivity contribution in [1.82, 2.24) is 25.5 Å². The molecule has 1 amide bonds. The predicted molar refractivity (Wildman–Crippen MR) is 133 cm³/mol. The molecule has 0 saturated heterocycles. The van der Waals surface area contributed by atoms with Crippen molar-refractivity contribution in [3.8, 4) is 22.4 Å². The number of benzene rings is 2. The van der Waals surface area contributed by atoms with E-state index in [-0.39, 0.29) is 17.3 Å². The number of hydrogen-bond donors (Lipinski definition) is 4. The molecule has 7 nitrogen and oxygen atoms in total. The maximum atomic E-state index is 13.5. The molecule has 0 spiro atoms. The molecule has 35 heavy (non-hydrogen) atoms. The van der Waals surface area contributed by atoms with E-state index >= 15 is 0 Å². The molecule has 2 aromatic carbocycles. The van der Waals surface area contributed by atoms with Gasteiger partial charge in [0.2, 0.25) is 0 Å². The van der Waals surface area contributed by atoms with Crippen molar-refractivity contribution in [3.05, 3.63) is 94.7 Å². The van der Waals surface area contributed by atoms with Crippen LogP contribution in [0.1, 0.15) is 27.7 Å². The summed E-state index contributed by atoms with van der Waals surface area (Å²) in [6.45, 7) is 1.67. The van der Waals surface area contributed by atoms with Gasteiger partial charge in [0.25, 0.3) is 5.91 Å². The van der Waals surface area contributed by atoms with Crippen molar-refractivity contribution in [2.75, 3.05) is 6.61 Å². The first-order chi connectivity index (χ1) is 16.9. The summed E-state index contributed by atoms with van der Waals surface area (Å²) in [7, 11) is 0. The fraction of sp³-hybridized carbons (Fsp3) is 0.115. The highest BCUT2D eigenvalue weighted by atomic mass is 35.5. The van der Waals surface area contributed by atoms with Crippen molar-refractivity contribution in [2.45, 2.75) is 13.0 Å². The number of nitrogens with zero attached hydrogens (tertiary/aromatic N) is 2. The van der Waals surface area contributed by atoms with Gasteiger partial charge in [-0.1, -0.05) is 41.9 Å². The van der Waals surface area contributed by atoms with Crippen molar-refractivity contribution >= 4 is 28.5 Å². The molecule has 0 saturated carbocycles. The Labute approximate surface area is 205 Å². The van der Waals surface area contributed by atoms with Gasteiger partial charge < -0.3 is 15.4 Å². The van der Waals surface area contributed by atoms with Crippen LogP contribution in [0.5, 0.6) is 0 Å². The summed E-state index contributed by atoms with van der Waals surface area (Å²) in [5, 5.41) is 20.6. The molecular weight excluding hydrogens is 469 g/mol. The molecule has 0 aliphatic carbocycles. The van der Waals surface area contributed by atoms with Crippen LogP contribution in [0.4, 0.5) is 4.39 Å². The number of aliphatic hydroxyl groups is 1. The molecule has 1 atom stereocenters. The number of hydrogen-bond acceptors (Lipinski definition) is 4. The molecule has 176 valence electrons. The number of amides is 1. The zero-order valence-corrected chi connectivity index (χ0v) is 19.4. The molecule has 0 aliphatic heterocycles. The van der Waals surface area contributed by atoms with E-state index in [4.69, 9.17) is 11.6 Å². The third-order valence-corrected chi connectivity index (χ3v) is 6.20. The number of nitrogens with one attached hydrogen (secondary N) is 3. The number of aliphatic hydroxyl groups excluding tert-OH is 1. The number of H-pyrrole nitrogens is 2. The van der Waals surface area contributed by atoms with Crippen LogP contribution < -0.4 is 5.32 Å². The molecule has 0 fully saturated rings. The summed E-state index contributed by atoms with van der Waals surface area (Å²) >= 11 is 5.84. The van der Waals surface area contributed by atoms with Gasteiger partial charge in [0.05, 0.1) is 17.7 Å². The Kier molecular flexibility index (Phi) is 6.07. The molecule has 0 aliphatic rings. The minimum Gasteiger partial charge on any atom is -0.394 e. The number of carbonyl (C=O) groups is 1. The van der Waals surface area contributed by atoms with Crippen molar-refractivity contribution in [1.29, 1.82) is 0 Å². The van der Waals surface area contributed by atoms with Gasteiger partial charge in [-0.2, -0.15) is 5.10 Å². The van der Waals surface area contributed by atoms with Gasteiger partial charge in [0.1, 0.15) is 17.2 Å². The lowest BCUT2D eigenvalue weighted by Crippen LogP contribution is -2.31. The second-order valence-electron chi connectivity index (χ2n) is 8.19. The van der Waals surface area contributed by atoms with Crippen LogP contribution >= 0.6 is 11.6 Å².